The summed E-state index contributed by atoms with van der Waals surface area (Å²) in [5.41, 5.74) is 0.224. The van der Waals surface area contributed by atoms with Crippen LogP contribution in [-0.2, 0) is 10.0 Å². The van der Waals surface area contributed by atoms with E-state index in [4.69, 9.17) is 9.84 Å². The molecular weight excluding hydrogens is 308 g/mol. The number of anilines is 1. The lowest BCUT2D eigenvalue weighted by Crippen LogP contribution is -2.14. The number of hydrogen-bond donors (Lipinski definition) is 2. The summed E-state index contributed by atoms with van der Waals surface area (Å²) < 4.78 is 32.2. The van der Waals surface area contributed by atoms with Crippen molar-refractivity contribution in [2.24, 2.45) is 0 Å². The summed E-state index contributed by atoms with van der Waals surface area (Å²) in [6.45, 7) is 2.11. The van der Waals surface area contributed by atoms with Crippen molar-refractivity contribution >= 4 is 21.7 Å². The molecule has 0 aliphatic rings. The predicted octanol–water partition coefficient (Wildman–Crippen LogP) is 1.98. The number of carboxylic acids is 1. The Hall–Kier alpha value is -2.61. The van der Waals surface area contributed by atoms with Crippen LogP contribution in [0.4, 0.5) is 5.69 Å². The van der Waals surface area contributed by atoms with Gasteiger partial charge >= 0.3 is 5.97 Å². The smallest absolute Gasteiger partial charge is 0.335 e. The molecule has 7 nitrogen and oxygen atoms in total. The normalized spacial score (nSPS) is 11.0. The highest BCUT2D eigenvalue weighted by Crippen LogP contribution is 2.24. The number of nitrogens with one attached hydrogen (secondary N) is 1. The van der Waals surface area contributed by atoms with Gasteiger partial charge in [0.05, 0.1) is 17.1 Å². The first-order valence-corrected chi connectivity index (χ1v) is 7.86. The van der Waals surface area contributed by atoms with Crippen LogP contribution in [-0.4, -0.2) is 31.1 Å². The van der Waals surface area contributed by atoms with Crippen LogP contribution in [0.25, 0.3) is 0 Å². The molecule has 1 aromatic carbocycles. The molecule has 0 saturated heterocycles. The van der Waals surface area contributed by atoms with Gasteiger partial charge in [-0.3, -0.25) is 4.72 Å². The number of nitrogens with zero attached hydrogens (tertiary/aromatic N) is 1. The lowest BCUT2D eigenvalue weighted by molar-refractivity contribution is 0.0696. The Kier molecular flexibility index (Phi) is 4.62. The van der Waals surface area contributed by atoms with Crippen LogP contribution in [0.2, 0.25) is 0 Å². The van der Waals surface area contributed by atoms with Gasteiger partial charge in [0.25, 0.3) is 10.0 Å². The van der Waals surface area contributed by atoms with E-state index in [2.05, 4.69) is 9.71 Å². The van der Waals surface area contributed by atoms with Crippen molar-refractivity contribution < 1.29 is 23.1 Å². The number of hydrogen-bond acceptors (Lipinski definition) is 5. The number of ether oxygens (including phenoxy) is 1. The van der Waals surface area contributed by atoms with Gasteiger partial charge in [-0.2, -0.15) is 0 Å². The van der Waals surface area contributed by atoms with Gasteiger partial charge < -0.3 is 9.84 Å². The molecule has 2 rings (SSSR count). The summed E-state index contributed by atoms with van der Waals surface area (Å²) in [4.78, 5) is 14.7. The van der Waals surface area contributed by atoms with E-state index < -0.39 is 16.0 Å². The largest absolute Gasteiger partial charge is 0.478 e. The summed E-state index contributed by atoms with van der Waals surface area (Å²) in [6, 6.07) is 8.01. The summed E-state index contributed by atoms with van der Waals surface area (Å²) >= 11 is 0. The molecule has 0 aliphatic heterocycles. The number of benzene rings is 1. The molecule has 116 valence electrons. The van der Waals surface area contributed by atoms with Gasteiger partial charge in [0.2, 0.25) is 5.88 Å². The van der Waals surface area contributed by atoms with Crippen molar-refractivity contribution in [1.29, 1.82) is 0 Å². The molecule has 0 spiro atoms. The lowest BCUT2D eigenvalue weighted by atomic mass is 10.2. The van der Waals surface area contributed by atoms with Crippen molar-refractivity contribution in [3.63, 3.8) is 0 Å². The molecule has 0 unspecified atom stereocenters. The average Bonchev–Trinajstić information content (AvgIpc) is 2.49. The molecular formula is C14H14N2O5S. The molecule has 2 aromatic rings. The van der Waals surface area contributed by atoms with Crippen molar-refractivity contribution in [3.8, 4) is 5.88 Å². The van der Waals surface area contributed by atoms with E-state index in [9.17, 15) is 13.2 Å². The van der Waals surface area contributed by atoms with E-state index in [-0.39, 0.29) is 22.0 Å². The maximum absolute atomic E-state index is 12.3. The minimum atomic E-state index is -3.86. The Morgan fingerprint density at radius 3 is 2.55 bits per heavy atom. The van der Waals surface area contributed by atoms with E-state index >= 15 is 0 Å². The van der Waals surface area contributed by atoms with Gasteiger partial charge in [-0.05, 0) is 43.3 Å². The Morgan fingerprint density at radius 1 is 1.27 bits per heavy atom. The summed E-state index contributed by atoms with van der Waals surface area (Å²) in [7, 11) is -3.86. The van der Waals surface area contributed by atoms with Crippen molar-refractivity contribution in [2.75, 3.05) is 11.3 Å². The second-order valence-corrected chi connectivity index (χ2v) is 5.91. The Bertz CT molecular complexity index is 772. The summed E-state index contributed by atoms with van der Waals surface area (Å²) in [5, 5.41) is 8.82. The van der Waals surface area contributed by atoms with Gasteiger partial charge in [-0.15, -0.1) is 0 Å². The standard InChI is InChI=1S/C14H14N2O5S/c1-2-21-13-12(4-3-9-15-13)16-22(19,20)11-7-5-10(6-8-11)14(17)18/h3-9,16H,2H2,1H3,(H,17,18). The third-order valence-corrected chi connectivity index (χ3v) is 4.09. The number of sulfonamides is 1. The maximum Gasteiger partial charge on any atom is 0.335 e. The molecule has 1 heterocycles. The van der Waals surface area contributed by atoms with E-state index in [1.807, 2.05) is 0 Å². The molecule has 22 heavy (non-hydrogen) atoms. The zero-order valence-corrected chi connectivity index (χ0v) is 12.5. The van der Waals surface area contributed by atoms with Gasteiger partial charge in [-0.1, -0.05) is 0 Å². The average molecular weight is 322 g/mol. The molecule has 8 heteroatoms. The monoisotopic (exact) mass is 322 g/mol. The van der Waals surface area contributed by atoms with Crippen molar-refractivity contribution in [3.05, 3.63) is 48.2 Å². The Balaban J connectivity index is 2.30. The zero-order chi connectivity index (χ0) is 16.2. The number of aromatic nitrogens is 1. The topological polar surface area (TPSA) is 106 Å². The van der Waals surface area contributed by atoms with Crippen LogP contribution in [0.15, 0.2) is 47.5 Å². The van der Waals surface area contributed by atoms with E-state index in [1.54, 1.807) is 13.0 Å². The highest BCUT2D eigenvalue weighted by Gasteiger charge is 2.17. The number of aromatic carboxylic acids is 1. The number of rotatable bonds is 6. The fourth-order valence-corrected chi connectivity index (χ4v) is 2.76. The first-order valence-electron chi connectivity index (χ1n) is 6.38. The van der Waals surface area contributed by atoms with Crippen LogP contribution in [0.5, 0.6) is 5.88 Å². The van der Waals surface area contributed by atoms with Crippen LogP contribution in [0.1, 0.15) is 17.3 Å². The van der Waals surface area contributed by atoms with Crippen molar-refractivity contribution in [2.45, 2.75) is 11.8 Å². The number of pyridine rings is 1. The van der Waals surface area contributed by atoms with Gasteiger partial charge in [0.1, 0.15) is 5.69 Å². The second kappa shape index (κ2) is 6.44. The minimum Gasteiger partial charge on any atom is -0.478 e. The quantitative estimate of drug-likeness (QED) is 0.842. The van der Waals surface area contributed by atoms with Crippen LogP contribution >= 0.6 is 0 Å². The molecule has 0 fully saturated rings. The molecule has 2 N–H and O–H groups in total. The highest BCUT2D eigenvalue weighted by molar-refractivity contribution is 7.92. The van der Waals surface area contributed by atoms with Gasteiger partial charge in [0, 0.05) is 6.20 Å². The zero-order valence-electron chi connectivity index (χ0n) is 11.7. The molecule has 0 aliphatic carbocycles. The van der Waals surface area contributed by atoms with E-state index in [0.29, 0.717) is 6.61 Å². The predicted molar refractivity (Wildman–Crippen MR) is 79.6 cm³/mol. The SMILES string of the molecule is CCOc1ncccc1NS(=O)(=O)c1ccc(C(=O)O)cc1. The molecule has 0 radical (unpaired) electrons. The van der Waals surface area contributed by atoms with Crippen molar-refractivity contribution in [1.82, 2.24) is 4.98 Å². The minimum absolute atomic E-state index is 0.00957. The number of carboxylic acid groups (broad SMARTS) is 1. The first-order chi connectivity index (χ1) is 10.4. The van der Waals surface area contributed by atoms with Crippen LogP contribution in [0.3, 0.4) is 0 Å². The molecule has 0 atom stereocenters. The summed E-state index contributed by atoms with van der Waals surface area (Å²) in [5.74, 6) is -0.946. The third kappa shape index (κ3) is 3.53. The van der Waals surface area contributed by atoms with Crippen LogP contribution in [0, 0.1) is 0 Å². The summed E-state index contributed by atoms with van der Waals surface area (Å²) in [6.07, 6.45) is 1.49. The fraction of sp³-hybridized carbons (Fsp3) is 0.143. The Morgan fingerprint density at radius 2 is 1.95 bits per heavy atom. The second-order valence-electron chi connectivity index (χ2n) is 4.22. The Labute approximate surface area is 127 Å². The van der Waals surface area contributed by atoms with Crippen LogP contribution < -0.4 is 9.46 Å². The van der Waals surface area contributed by atoms with E-state index in [1.165, 1.54) is 36.5 Å². The fourth-order valence-electron chi connectivity index (χ4n) is 1.70. The molecule has 0 amide bonds. The third-order valence-electron chi connectivity index (χ3n) is 2.71. The number of carbonyl (C=O) groups is 1. The highest BCUT2D eigenvalue weighted by atomic mass is 32.2. The van der Waals surface area contributed by atoms with Gasteiger partial charge in [-0.25, -0.2) is 18.2 Å². The lowest BCUT2D eigenvalue weighted by Gasteiger charge is -2.11. The first kappa shape index (κ1) is 15.8. The maximum atomic E-state index is 12.3. The molecule has 0 bridgehead atoms. The van der Waals surface area contributed by atoms with Gasteiger partial charge in [0.15, 0.2) is 0 Å². The van der Waals surface area contributed by atoms with E-state index in [0.717, 1.165) is 0 Å². The molecule has 1 aromatic heterocycles. The molecule has 0 saturated carbocycles.